The number of benzene rings is 1. The number of rotatable bonds is 4. The highest BCUT2D eigenvalue weighted by molar-refractivity contribution is 5.87. The average Bonchev–Trinajstić information content (AvgIpc) is 2.94. The van der Waals surface area contributed by atoms with Crippen LogP contribution < -0.4 is 0 Å². The van der Waals surface area contributed by atoms with Crippen molar-refractivity contribution in [3.8, 4) is 0 Å². The van der Waals surface area contributed by atoms with Gasteiger partial charge < -0.3 is 14.1 Å². The molecule has 0 N–H and O–H groups in total. The number of fused-ring (bicyclic) bond motifs is 1. The predicted octanol–water partition coefficient (Wildman–Crippen LogP) is 3.37. The largest absolute Gasteiger partial charge is 0.459 e. The molecule has 0 bridgehead atoms. The quantitative estimate of drug-likeness (QED) is 0.811. The van der Waals surface area contributed by atoms with Gasteiger partial charge in [-0.05, 0) is 18.2 Å². The van der Waals surface area contributed by atoms with E-state index in [0.717, 1.165) is 16.4 Å². The molecule has 1 amide bonds. The van der Waals surface area contributed by atoms with Crippen LogP contribution in [0.15, 0.2) is 47.4 Å². The summed E-state index contributed by atoms with van der Waals surface area (Å²) in [6, 6.07) is 7.76. The van der Waals surface area contributed by atoms with Crippen LogP contribution in [0.4, 0.5) is 8.78 Å². The summed E-state index contributed by atoms with van der Waals surface area (Å²) in [5.74, 6) is -3.12. The van der Waals surface area contributed by atoms with E-state index in [1.54, 1.807) is 12.1 Å². The Labute approximate surface area is 132 Å². The van der Waals surface area contributed by atoms with Crippen LogP contribution >= 0.6 is 0 Å². The van der Waals surface area contributed by atoms with Gasteiger partial charge in [0, 0.05) is 11.8 Å². The molecule has 2 aromatic rings. The maximum Gasteiger partial charge on any atom is 0.272 e. The van der Waals surface area contributed by atoms with Gasteiger partial charge in [0.2, 0.25) is 5.91 Å². The molecule has 6 heteroatoms. The Morgan fingerprint density at radius 2 is 2.22 bits per heavy atom. The number of para-hydroxylation sites is 1. The number of alkyl halides is 2. The fraction of sp³-hybridized carbons (Fsp3) is 0.353. The van der Waals surface area contributed by atoms with Crippen molar-refractivity contribution in [1.29, 1.82) is 0 Å². The summed E-state index contributed by atoms with van der Waals surface area (Å²) < 4.78 is 39.2. The molecule has 1 aliphatic heterocycles. The van der Waals surface area contributed by atoms with Gasteiger partial charge in [-0.3, -0.25) is 4.79 Å². The van der Waals surface area contributed by atoms with E-state index in [4.69, 9.17) is 9.15 Å². The second kappa shape index (κ2) is 6.12. The van der Waals surface area contributed by atoms with Gasteiger partial charge in [-0.1, -0.05) is 24.8 Å². The van der Waals surface area contributed by atoms with Gasteiger partial charge in [0.1, 0.15) is 17.4 Å². The Kier molecular flexibility index (Phi) is 4.17. The molecule has 3 rings (SSSR count). The Morgan fingerprint density at radius 3 is 2.91 bits per heavy atom. The smallest absolute Gasteiger partial charge is 0.272 e. The fourth-order valence-corrected chi connectivity index (χ4v) is 2.75. The third kappa shape index (κ3) is 3.12. The predicted molar refractivity (Wildman–Crippen MR) is 81.1 cm³/mol. The standard InChI is InChI=1S/C17H17F2NO3/c1-2-16(21)20(15-11-22-8-7-17(15,18)19)10-13-9-12-5-3-4-6-14(12)23-13/h2-6,9,15H,1,7-8,10-11H2. The highest BCUT2D eigenvalue weighted by Crippen LogP contribution is 2.32. The zero-order chi connectivity index (χ0) is 16.4. The Hall–Kier alpha value is -2.21. The molecule has 23 heavy (non-hydrogen) atoms. The first-order valence-electron chi connectivity index (χ1n) is 7.37. The van der Waals surface area contributed by atoms with Crippen molar-refractivity contribution in [3.63, 3.8) is 0 Å². The van der Waals surface area contributed by atoms with Crippen LogP contribution in [0.25, 0.3) is 11.0 Å². The second-order valence-corrected chi connectivity index (χ2v) is 5.52. The van der Waals surface area contributed by atoms with Gasteiger partial charge in [0.25, 0.3) is 5.92 Å². The highest BCUT2D eigenvalue weighted by Gasteiger charge is 2.47. The lowest BCUT2D eigenvalue weighted by Gasteiger charge is -2.38. The van der Waals surface area contributed by atoms with Crippen LogP contribution in [-0.4, -0.2) is 36.0 Å². The van der Waals surface area contributed by atoms with Crippen LogP contribution in [0.1, 0.15) is 12.2 Å². The number of carbonyl (C=O) groups excluding carboxylic acids is 1. The van der Waals surface area contributed by atoms with Crippen molar-refractivity contribution in [1.82, 2.24) is 4.90 Å². The molecule has 1 aromatic carbocycles. The average molecular weight is 321 g/mol. The zero-order valence-corrected chi connectivity index (χ0v) is 12.5. The minimum atomic E-state index is -3.00. The molecule has 0 aliphatic carbocycles. The number of nitrogens with zero attached hydrogens (tertiary/aromatic N) is 1. The van der Waals surface area contributed by atoms with Gasteiger partial charge in [0.05, 0.1) is 19.8 Å². The van der Waals surface area contributed by atoms with Gasteiger partial charge in [-0.2, -0.15) is 0 Å². The molecule has 1 unspecified atom stereocenters. The number of amides is 1. The minimum Gasteiger partial charge on any atom is -0.459 e. The molecule has 2 heterocycles. The molecule has 1 aliphatic rings. The molecule has 1 saturated heterocycles. The van der Waals surface area contributed by atoms with Gasteiger partial charge in [0.15, 0.2) is 0 Å². The van der Waals surface area contributed by atoms with Gasteiger partial charge in [-0.25, -0.2) is 8.78 Å². The molecular formula is C17H17F2NO3. The summed E-state index contributed by atoms with van der Waals surface area (Å²) in [7, 11) is 0. The van der Waals surface area contributed by atoms with E-state index >= 15 is 0 Å². The Balaban J connectivity index is 1.89. The van der Waals surface area contributed by atoms with Crippen molar-refractivity contribution >= 4 is 16.9 Å². The summed E-state index contributed by atoms with van der Waals surface area (Å²) in [5, 5.41) is 0.861. The monoisotopic (exact) mass is 321 g/mol. The first kappa shape index (κ1) is 15.7. The SMILES string of the molecule is C=CC(=O)N(Cc1cc2ccccc2o1)C1COCCC1(F)F. The Morgan fingerprint density at radius 1 is 1.43 bits per heavy atom. The highest BCUT2D eigenvalue weighted by atomic mass is 19.3. The molecular weight excluding hydrogens is 304 g/mol. The first-order valence-corrected chi connectivity index (χ1v) is 7.37. The molecule has 1 atom stereocenters. The van der Waals surface area contributed by atoms with Crippen LogP contribution in [0, 0.1) is 0 Å². The van der Waals surface area contributed by atoms with Gasteiger partial charge in [-0.15, -0.1) is 0 Å². The van der Waals surface area contributed by atoms with Crippen molar-refractivity contribution in [2.24, 2.45) is 0 Å². The number of carbonyl (C=O) groups is 1. The molecule has 0 radical (unpaired) electrons. The number of ether oxygens (including phenoxy) is 1. The third-order valence-electron chi connectivity index (χ3n) is 3.98. The van der Waals surface area contributed by atoms with E-state index in [1.807, 2.05) is 18.2 Å². The van der Waals surface area contributed by atoms with E-state index in [1.165, 1.54) is 0 Å². The number of hydrogen-bond acceptors (Lipinski definition) is 3. The second-order valence-electron chi connectivity index (χ2n) is 5.52. The van der Waals surface area contributed by atoms with E-state index in [9.17, 15) is 13.6 Å². The van der Waals surface area contributed by atoms with Crippen LogP contribution in [0.3, 0.4) is 0 Å². The van der Waals surface area contributed by atoms with Crippen molar-refractivity contribution in [2.45, 2.75) is 24.9 Å². The molecule has 1 fully saturated rings. The number of halogens is 2. The van der Waals surface area contributed by atoms with Crippen LogP contribution in [0.5, 0.6) is 0 Å². The lowest BCUT2D eigenvalue weighted by atomic mass is 10.0. The maximum absolute atomic E-state index is 14.2. The number of furan rings is 1. The third-order valence-corrected chi connectivity index (χ3v) is 3.98. The van der Waals surface area contributed by atoms with Crippen LogP contribution in [0.2, 0.25) is 0 Å². The molecule has 122 valence electrons. The first-order chi connectivity index (χ1) is 11.0. The summed E-state index contributed by atoms with van der Waals surface area (Å²) in [6.07, 6.45) is 0.631. The lowest BCUT2D eigenvalue weighted by molar-refractivity contribution is -0.169. The molecule has 4 nitrogen and oxygen atoms in total. The van der Waals surface area contributed by atoms with Crippen LogP contribution in [-0.2, 0) is 16.1 Å². The number of hydrogen-bond donors (Lipinski definition) is 0. The maximum atomic E-state index is 14.2. The Bertz CT molecular complexity index is 692. The normalized spacial score (nSPS) is 20.3. The summed E-state index contributed by atoms with van der Waals surface area (Å²) in [4.78, 5) is 13.2. The van der Waals surface area contributed by atoms with E-state index in [-0.39, 0.29) is 19.8 Å². The summed E-state index contributed by atoms with van der Waals surface area (Å²) in [5.41, 5.74) is 0.653. The summed E-state index contributed by atoms with van der Waals surface area (Å²) >= 11 is 0. The molecule has 0 saturated carbocycles. The molecule has 1 aromatic heterocycles. The lowest BCUT2D eigenvalue weighted by Crippen LogP contribution is -2.55. The van der Waals surface area contributed by atoms with E-state index in [0.29, 0.717) is 11.3 Å². The van der Waals surface area contributed by atoms with Gasteiger partial charge >= 0.3 is 0 Å². The van der Waals surface area contributed by atoms with E-state index < -0.39 is 24.3 Å². The topological polar surface area (TPSA) is 42.7 Å². The van der Waals surface area contributed by atoms with Crippen molar-refractivity contribution < 1.29 is 22.7 Å². The molecule has 0 spiro atoms. The minimum absolute atomic E-state index is 0.00967. The summed E-state index contributed by atoms with van der Waals surface area (Å²) in [6.45, 7) is 3.14. The van der Waals surface area contributed by atoms with E-state index in [2.05, 4.69) is 6.58 Å². The van der Waals surface area contributed by atoms with Crippen molar-refractivity contribution in [3.05, 3.63) is 48.7 Å². The van der Waals surface area contributed by atoms with Crippen molar-refractivity contribution in [2.75, 3.05) is 13.2 Å². The zero-order valence-electron chi connectivity index (χ0n) is 12.5. The fourth-order valence-electron chi connectivity index (χ4n) is 2.75.